The molecule has 2 rings (SSSR count). The van der Waals surface area contributed by atoms with Gasteiger partial charge in [0.15, 0.2) is 0 Å². The molecule has 2 N–H and O–H groups in total. The number of hydrogen-bond donors (Lipinski definition) is 2. The quantitative estimate of drug-likeness (QED) is 0.670. The van der Waals surface area contributed by atoms with Crippen molar-refractivity contribution in [2.24, 2.45) is 10.8 Å². The third-order valence-corrected chi connectivity index (χ3v) is 4.47. The summed E-state index contributed by atoms with van der Waals surface area (Å²) >= 11 is 0. The molecule has 2 aliphatic carbocycles. The third kappa shape index (κ3) is 2.36. The standard InChI is InChI=1S/C13H21NO4/c1-18-8-7-12(3-2-4-12)9-14-10(15)13(5-6-13)11(16)17/h2-9H2,1H3,(H,14,15)(H,16,17). The smallest absolute Gasteiger partial charge is 0.319 e. The van der Waals surface area contributed by atoms with Gasteiger partial charge in [0.1, 0.15) is 5.41 Å². The Morgan fingerprint density at radius 1 is 1.28 bits per heavy atom. The van der Waals surface area contributed by atoms with Crippen LogP contribution >= 0.6 is 0 Å². The summed E-state index contributed by atoms with van der Waals surface area (Å²) in [7, 11) is 1.68. The van der Waals surface area contributed by atoms with E-state index in [1.54, 1.807) is 7.11 Å². The Morgan fingerprint density at radius 2 is 1.94 bits per heavy atom. The Hall–Kier alpha value is -1.10. The first-order chi connectivity index (χ1) is 8.55. The van der Waals surface area contributed by atoms with Gasteiger partial charge in [0.25, 0.3) is 0 Å². The maximum atomic E-state index is 11.9. The number of carbonyl (C=O) groups excluding carboxylic acids is 1. The summed E-state index contributed by atoms with van der Waals surface area (Å²) in [5, 5.41) is 11.9. The van der Waals surface area contributed by atoms with Crippen LogP contribution in [-0.4, -0.2) is 37.2 Å². The first-order valence-corrected chi connectivity index (χ1v) is 6.55. The van der Waals surface area contributed by atoms with Gasteiger partial charge in [-0.3, -0.25) is 9.59 Å². The molecule has 0 saturated heterocycles. The highest BCUT2D eigenvalue weighted by Crippen LogP contribution is 2.47. The fourth-order valence-corrected chi connectivity index (χ4v) is 2.61. The number of carboxylic acids is 1. The number of nitrogens with one attached hydrogen (secondary N) is 1. The van der Waals surface area contributed by atoms with Crippen molar-refractivity contribution in [1.29, 1.82) is 0 Å². The molecule has 5 nitrogen and oxygen atoms in total. The Kier molecular flexibility index (Phi) is 3.61. The van der Waals surface area contributed by atoms with Crippen LogP contribution in [0.5, 0.6) is 0 Å². The molecule has 0 radical (unpaired) electrons. The van der Waals surface area contributed by atoms with Gasteiger partial charge in [-0.15, -0.1) is 0 Å². The lowest BCUT2D eigenvalue weighted by molar-refractivity contribution is -0.149. The van der Waals surface area contributed by atoms with Crippen molar-refractivity contribution < 1.29 is 19.4 Å². The van der Waals surface area contributed by atoms with Crippen molar-refractivity contribution >= 4 is 11.9 Å². The number of ether oxygens (including phenoxy) is 1. The second kappa shape index (κ2) is 4.88. The number of carbonyl (C=O) groups is 2. The summed E-state index contributed by atoms with van der Waals surface area (Å²) in [6.07, 6.45) is 5.25. The van der Waals surface area contributed by atoms with Gasteiger partial charge < -0.3 is 15.2 Å². The molecule has 5 heteroatoms. The van der Waals surface area contributed by atoms with Gasteiger partial charge in [0.2, 0.25) is 5.91 Å². The molecule has 0 aliphatic heterocycles. The van der Waals surface area contributed by atoms with Crippen molar-refractivity contribution in [3.63, 3.8) is 0 Å². The van der Waals surface area contributed by atoms with Crippen LogP contribution in [0.25, 0.3) is 0 Å². The maximum Gasteiger partial charge on any atom is 0.319 e. The first-order valence-electron chi connectivity index (χ1n) is 6.55. The monoisotopic (exact) mass is 255 g/mol. The summed E-state index contributed by atoms with van der Waals surface area (Å²) in [4.78, 5) is 22.9. The topological polar surface area (TPSA) is 75.6 Å². The molecule has 0 spiro atoms. The Bertz CT molecular complexity index is 345. The second-order valence-electron chi connectivity index (χ2n) is 5.67. The molecule has 2 saturated carbocycles. The minimum absolute atomic E-state index is 0.139. The van der Waals surface area contributed by atoms with E-state index in [0.29, 0.717) is 26.0 Å². The van der Waals surface area contributed by atoms with E-state index in [1.807, 2.05) is 0 Å². The number of methoxy groups -OCH3 is 1. The van der Waals surface area contributed by atoms with E-state index in [0.717, 1.165) is 19.3 Å². The lowest BCUT2D eigenvalue weighted by Gasteiger charge is -2.42. The van der Waals surface area contributed by atoms with Crippen LogP contribution in [0, 0.1) is 10.8 Å². The average molecular weight is 255 g/mol. The fourth-order valence-electron chi connectivity index (χ4n) is 2.61. The van der Waals surface area contributed by atoms with Crippen molar-refractivity contribution in [1.82, 2.24) is 5.32 Å². The van der Waals surface area contributed by atoms with Crippen LogP contribution in [0.3, 0.4) is 0 Å². The number of amides is 1. The number of rotatable bonds is 7. The van der Waals surface area contributed by atoms with Gasteiger partial charge >= 0.3 is 5.97 Å². The van der Waals surface area contributed by atoms with Gasteiger partial charge in [-0.05, 0) is 37.5 Å². The zero-order chi connectivity index (χ0) is 13.2. The summed E-state index contributed by atoms with van der Waals surface area (Å²) in [6, 6.07) is 0. The molecule has 0 unspecified atom stereocenters. The first kappa shape index (κ1) is 13.3. The number of carboxylic acid groups (broad SMARTS) is 1. The van der Waals surface area contributed by atoms with Crippen molar-refractivity contribution in [3.8, 4) is 0 Å². The van der Waals surface area contributed by atoms with Crippen LogP contribution in [0.1, 0.15) is 38.5 Å². The summed E-state index contributed by atoms with van der Waals surface area (Å²) in [6.45, 7) is 1.28. The summed E-state index contributed by atoms with van der Waals surface area (Å²) < 4.78 is 5.09. The molecule has 102 valence electrons. The van der Waals surface area contributed by atoms with Gasteiger partial charge in [-0.1, -0.05) is 6.42 Å². The highest BCUT2D eigenvalue weighted by Gasteiger charge is 2.57. The van der Waals surface area contributed by atoms with Gasteiger partial charge in [0, 0.05) is 20.3 Å². The fraction of sp³-hybridized carbons (Fsp3) is 0.846. The largest absolute Gasteiger partial charge is 0.480 e. The van der Waals surface area contributed by atoms with Gasteiger partial charge in [-0.2, -0.15) is 0 Å². The van der Waals surface area contributed by atoms with Crippen molar-refractivity contribution in [2.75, 3.05) is 20.3 Å². The predicted molar refractivity (Wildman–Crippen MR) is 65.1 cm³/mol. The summed E-state index contributed by atoms with van der Waals surface area (Å²) in [5.41, 5.74) is -0.980. The van der Waals surface area contributed by atoms with E-state index < -0.39 is 11.4 Å². The minimum Gasteiger partial charge on any atom is -0.480 e. The second-order valence-corrected chi connectivity index (χ2v) is 5.67. The normalized spacial score (nSPS) is 22.9. The molecule has 1 amide bonds. The Balaban J connectivity index is 1.83. The highest BCUT2D eigenvalue weighted by molar-refractivity contribution is 6.04. The van der Waals surface area contributed by atoms with Crippen LogP contribution in [0.15, 0.2) is 0 Å². The predicted octanol–water partition coefficient (Wildman–Crippen LogP) is 1.17. The molecule has 0 aromatic heterocycles. The Morgan fingerprint density at radius 3 is 2.33 bits per heavy atom. The van der Waals surface area contributed by atoms with Crippen molar-refractivity contribution in [3.05, 3.63) is 0 Å². The van der Waals surface area contributed by atoms with E-state index in [9.17, 15) is 9.59 Å². The van der Waals surface area contributed by atoms with E-state index in [4.69, 9.17) is 9.84 Å². The zero-order valence-corrected chi connectivity index (χ0v) is 10.8. The van der Waals surface area contributed by atoms with E-state index in [2.05, 4.69) is 5.32 Å². The average Bonchev–Trinajstić information content (AvgIpc) is 3.08. The Labute approximate surface area is 107 Å². The molecular formula is C13H21NO4. The van der Waals surface area contributed by atoms with Gasteiger partial charge in [-0.25, -0.2) is 0 Å². The van der Waals surface area contributed by atoms with Crippen LogP contribution < -0.4 is 5.32 Å². The van der Waals surface area contributed by atoms with E-state index in [1.165, 1.54) is 6.42 Å². The minimum atomic E-state index is -1.12. The molecule has 2 aliphatic rings. The molecule has 2 fully saturated rings. The summed E-state index contributed by atoms with van der Waals surface area (Å²) in [5.74, 6) is -1.29. The number of hydrogen-bond acceptors (Lipinski definition) is 3. The van der Waals surface area contributed by atoms with E-state index >= 15 is 0 Å². The lowest BCUT2D eigenvalue weighted by Crippen LogP contribution is -2.46. The van der Waals surface area contributed by atoms with Crippen LogP contribution in [0.2, 0.25) is 0 Å². The van der Waals surface area contributed by atoms with Crippen LogP contribution in [0.4, 0.5) is 0 Å². The zero-order valence-electron chi connectivity index (χ0n) is 10.8. The lowest BCUT2D eigenvalue weighted by atomic mass is 9.66. The van der Waals surface area contributed by atoms with E-state index in [-0.39, 0.29) is 11.3 Å². The van der Waals surface area contributed by atoms with Crippen molar-refractivity contribution in [2.45, 2.75) is 38.5 Å². The third-order valence-electron chi connectivity index (χ3n) is 4.47. The molecule has 0 atom stereocenters. The molecule has 18 heavy (non-hydrogen) atoms. The van der Waals surface area contributed by atoms with Crippen LogP contribution in [-0.2, 0) is 14.3 Å². The molecule has 0 aromatic rings. The molecule has 0 heterocycles. The van der Waals surface area contributed by atoms with Gasteiger partial charge in [0.05, 0.1) is 0 Å². The molecular weight excluding hydrogens is 234 g/mol. The molecule has 0 bridgehead atoms. The highest BCUT2D eigenvalue weighted by atomic mass is 16.5. The number of aliphatic carboxylic acids is 1. The SMILES string of the molecule is COCCC1(CNC(=O)C2(C(=O)O)CC2)CCC1. The maximum absolute atomic E-state index is 11.9. The molecule has 0 aromatic carbocycles.